The van der Waals surface area contributed by atoms with Gasteiger partial charge in [-0.3, -0.25) is 0 Å². The average Bonchev–Trinajstić information content (AvgIpc) is 2.39. The topological polar surface area (TPSA) is 12.0 Å². The zero-order valence-corrected chi connectivity index (χ0v) is 6.53. The van der Waals surface area contributed by atoms with Crippen LogP contribution in [0.4, 0.5) is 0 Å². The van der Waals surface area contributed by atoms with Crippen LogP contribution >= 0.6 is 0 Å². The molecular formula is C9H16N. The summed E-state index contributed by atoms with van der Waals surface area (Å²) >= 11 is 0. The predicted octanol–water partition coefficient (Wildman–Crippen LogP) is 1.74. The van der Waals surface area contributed by atoms with Gasteiger partial charge in [-0.1, -0.05) is 0 Å². The molecular weight excluding hydrogens is 122 g/mol. The first-order valence-electron chi connectivity index (χ1n) is 4.44. The Labute approximate surface area is 63.2 Å². The van der Waals surface area contributed by atoms with Crippen LogP contribution in [0, 0.1) is 11.8 Å². The Balaban J connectivity index is 1.98. The molecule has 0 unspecified atom stereocenters. The lowest BCUT2D eigenvalue weighted by Gasteiger charge is -2.31. The molecule has 2 aliphatic rings. The molecule has 0 aromatic carbocycles. The SMILES string of the molecule is [CH]1CCC2(CC1)CCNC2. The van der Waals surface area contributed by atoms with Gasteiger partial charge < -0.3 is 5.32 Å². The fourth-order valence-corrected chi connectivity index (χ4v) is 2.31. The molecule has 10 heavy (non-hydrogen) atoms. The lowest BCUT2D eigenvalue weighted by atomic mass is 9.74. The molecule has 1 saturated carbocycles. The van der Waals surface area contributed by atoms with E-state index in [9.17, 15) is 0 Å². The van der Waals surface area contributed by atoms with E-state index in [-0.39, 0.29) is 0 Å². The molecule has 1 spiro atoms. The molecule has 0 aromatic heterocycles. The number of hydrogen-bond donors (Lipinski definition) is 1. The lowest BCUT2D eigenvalue weighted by molar-refractivity contribution is 0.243. The summed E-state index contributed by atoms with van der Waals surface area (Å²) in [5.41, 5.74) is 0.731. The van der Waals surface area contributed by atoms with Crippen LogP contribution in [0.15, 0.2) is 0 Å². The fourth-order valence-electron chi connectivity index (χ4n) is 2.31. The molecule has 1 N–H and O–H groups in total. The molecule has 1 aliphatic carbocycles. The van der Waals surface area contributed by atoms with E-state index < -0.39 is 0 Å². The maximum atomic E-state index is 3.47. The van der Waals surface area contributed by atoms with E-state index >= 15 is 0 Å². The summed E-state index contributed by atoms with van der Waals surface area (Å²) in [5.74, 6) is 0. The minimum Gasteiger partial charge on any atom is -0.316 e. The molecule has 1 nitrogen and oxygen atoms in total. The Hall–Kier alpha value is -0.0400. The molecule has 0 aromatic rings. The van der Waals surface area contributed by atoms with Crippen molar-refractivity contribution < 1.29 is 0 Å². The smallest absolute Gasteiger partial charge is 0.000829 e. The van der Waals surface area contributed by atoms with E-state index in [0.717, 1.165) is 5.41 Å². The van der Waals surface area contributed by atoms with Crippen LogP contribution < -0.4 is 5.32 Å². The largest absolute Gasteiger partial charge is 0.316 e. The molecule has 1 heteroatoms. The molecule has 57 valence electrons. The first-order chi connectivity index (χ1) is 4.91. The van der Waals surface area contributed by atoms with Crippen LogP contribution in [0.1, 0.15) is 32.1 Å². The van der Waals surface area contributed by atoms with Gasteiger partial charge in [-0.05, 0) is 50.5 Å². The van der Waals surface area contributed by atoms with Crippen LogP contribution in [-0.4, -0.2) is 13.1 Å². The Morgan fingerprint density at radius 1 is 1.10 bits per heavy atom. The molecule has 1 radical (unpaired) electrons. The van der Waals surface area contributed by atoms with Gasteiger partial charge in [0.1, 0.15) is 0 Å². The minimum atomic E-state index is 0.731. The van der Waals surface area contributed by atoms with Gasteiger partial charge in [-0.25, -0.2) is 0 Å². The third-order valence-corrected chi connectivity index (χ3v) is 3.09. The van der Waals surface area contributed by atoms with Crippen molar-refractivity contribution in [1.82, 2.24) is 5.32 Å². The van der Waals surface area contributed by atoms with E-state index in [2.05, 4.69) is 11.7 Å². The summed E-state index contributed by atoms with van der Waals surface area (Å²) in [7, 11) is 0. The molecule has 0 atom stereocenters. The van der Waals surface area contributed by atoms with Crippen molar-refractivity contribution in [3.63, 3.8) is 0 Å². The van der Waals surface area contributed by atoms with Crippen LogP contribution in [0.2, 0.25) is 0 Å². The molecule has 1 aliphatic heterocycles. The number of nitrogens with one attached hydrogen (secondary N) is 1. The number of hydrogen-bond acceptors (Lipinski definition) is 1. The first kappa shape index (κ1) is 6.66. The van der Waals surface area contributed by atoms with Crippen molar-refractivity contribution in [3.8, 4) is 0 Å². The van der Waals surface area contributed by atoms with Gasteiger partial charge in [-0.2, -0.15) is 0 Å². The standard InChI is InChI=1S/C9H16N/c1-2-4-9(5-3-1)6-7-10-8-9/h1,10H,2-8H2. The quantitative estimate of drug-likeness (QED) is 0.537. The van der Waals surface area contributed by atoms with Crippen LogP contribution in [-0.2, 0) is 0 Å². The Kier molecular flexibility index (Phi) is 1.69. The predicted molar refractivity (Wildman–Crippen MR) is 42.7 cm³/mol. The van der Waals surface area contributed by atoms with Gasteiger partial charge in [0.25, 0.3) is 0 Å². The monoisotopic (exact) mass is 138 g/mol. The van der Waals surface area contributed by atoms with Gasteiger partial charge in [-0.15, -0.1) is 0 Å². The molecule has 2 fully saturated rings. The van der Waals surface area contributed by atoms with E-state index in [1.807, 2.05) is 0 Å². The second kappa shape index (κ2) is 2.54. The fraction of sp³-hybridized carbons (Fsp3) is 0.889. The van der Waals surface area contributed by atoms with Crippen LogP contribution in [0.5, 0.6) is 0 Å². The van der Waals surface area contributed by atoms with Gasteiger partial charge >= 0.3 is 0 Å². The van der Waals surface area contributed by atoms with Gasteiger partial charge in [0.05, 0.1) is 0 Å². The van der Waals surface area contributed by atoms with Crippen LogP contribution in [0.3, 0.4) is 0 Å². The third-order valence-electron chi connectivity index (χ3n) is 3.09. The Morgan fingerprint density at radius 2 is 1.90 bits per heavy atom. The molecule has 1 saturated heterocycles. The van der Waals surface area contributed by atoms with Crippen molar-refractivity contribution in [3.05, 3.63) is 6.42 Å². The highest BCUT2D eigenvalue weighted by Crippen LogP contribution is 2.40. The zero-order chi connectivity index (χ0) is 6.86. The van der Waals surface area contributed by atoms with E-state index in [4.69, 9.17) is 0 Å². The van der Waals surface area contributed by atoms with E-state index in [1.54, 1.807) is 0 Å². The second-order valence-corrected chi connectivity index (χ2v) is 3.79. The van der Waals surface area contributed by atoms with Gasteiger partial charge in [0.15, 0.2) is 0 Å². The lowest BCUT2D eigenvalue weighted by Crippen LogP contribution is -2.26. The summed E-state index contributed by atoms with van der Waals surface area (Å²) < 4.78 is 0. The highest BCUT2D eigenvalue weighted by Gasteiger charge is 2.34. The van der Waals surface area contributed by atoms with Gasteiger partial charge in [0.2, 0.25) is 0 Å². The van der Waals surface area contributed by atoms with Crippen molar-refractivity contribution in [2.75, 3.05) is 13.1 Å². The van der Waals surface area contributed by atoms with Crippen molar-refractivity contribution in [1.29, 1.82) is 0 Å². The Bertz CT molecular complexity index is 106. The number of rotatable bonds is 0. The maximum Gasteiger partial charge on any atom is 0.000829 e. The maximum absolute atomic E-state index is 3.47. The van der Waals surface area contributed by atoms with E-state index in [1.165, 1.54) is 45.2 Å². The summed E-state index contributed by atoms with van der Waals surface area (Å²) in [5, 5.41) is 3.47. The van der Waals surface area contributed by atoms with E-state index in [0.29, 0.717) is 0 Å². The summed E-state index contributed by atoms with van der Waals surface area (Å²) in [6.07, 6.45) is 9.49. The van der Waals surface area contributed by atoms with Crippen molar-refractivity contribution in [2.24, 2.45) is 5.41 Å². The molecule has 0 bridgehead atoms. The summed E-state index contributed by atoms with van der Waals surface area (Å²) in [6.45, 7) is 2.56. The highest BCUT2D eigenvalue weighted by molar-refractivity contribution is 4.93. The first-order valence-corrected chi connectivity index (χ1v) is 4.44. The average molecular weight is 138 g/mol. The molecule has 1 heterocycles. The second-order valence-electron chi connectivity index (χ2n) is 3.79. The zero-order valence-electron chi connectivity index (χ0n) is 6.53. The minimum absolute atomic E-state index is 0.731. The summed E-state index contributed by atoms with van der Waals surface area (Å²) in [6, 6.07) is 0. The van der Waals surface area contributed by atoms with Crippen molar-refractivity contribution in [2.45, 2.75) is 32.1 Å². The van der Waals surface area contributed by atoms with Crippen LogP contribution in [0.25, 0.3) is 0 Å². The highest BCUT2D eigenvalue weighted by atomic mass is 14.9. The normalized spacial score (nSPS) is 31.2. The molecule has 0 amide bonds. The van der Waals surface area contributed by atoms with Gasteiger partial charge in [0, 0.05) is 6.54 Å². The molecule has 2 rings (SSSR count). The third kappa shape index (κ3) is 1.07. The van der Waals surface area contributed by atoms with Crippen molar-refractivity contribution >= 4 is 0 Å². The Morgan fingerprint density at radius 3 is 2.50 bits per heavy atom. The summed E-state index contributed by atoms with van der Waals surface area (Å²) in [4.78, 5) is 0.